The zero-order chi connectivity index (χ0) is 17.0. The molecule has 2 atom stereocenters. The fraction of sp³-hybridized carbons (Fsp3) is 0.647. The molecule has 128 valence electrons. The molecule has 0 spiro atoms. The SMILES string of the molecule is CC(C)COc1ncc(C(=O)N2CCC[C@@H]2C[C@H](C)O)cc1Cl. The van der Waals surface area contributed by atoms with E-state index in [4.69, 9.17) is 16.3 Å². The van der Waals surface area contributed by atoms with Crippen LogP contribution >= 0.6 is 11.6 Å². The third-order valence-corrected chi connectivity index (χ3v) is 4.13. The Labute approximate surface area is 142 Å². The van der Waals surface area contributed by atoms with E-state index in [1.165, 1.54) is 6.20 Å². The number of halogens is 1. The molecule has 0 bridgehead atoms. The number of aliphatic hydroxyl groups excluding tert-OH is 1. The van der Waals surface area contributed by atoms with Crippen LogP contribution in [0.25, 0.3) is 0 Å². The molecule has 1 N–H and O–H groups in total. The first-order valence-electron chi connectivity index (χ1n) is 8.16. The molecular formula is C17H25ClN2O3. The largest absolute Gasteiger partial charge is 0.476 e. The fourth-order valence-corrected chi connectivity index (χ4v) is 3.02. The van der Waals surface area contributed by atoms with Crippen LogP contribution in [0, 0.1) is 5.92 Å². The summed E-state index contributed by atoms with van der Waals surface area (Å²) in [6.45, 7) is 7.07. The summed E-state index contributed by atoms with van der Waals surface area (Å²) in [7, 11) is 0. The van der Waals surface area contributed by atoms with Crippen LogP contribution in [0.1, 0.15) is 50.4 Å². The van der Waals surface area contributed by atoms with E-state index < -0.39 is 6.10 Å². The highest BCUT2D eigenvalue weighted by molar-refractivity contribution is 6.32. The summed E-state index contributed by atoms with van der Waals surface area (Å²) >= 11 is 6.19. The standard InChI is InChI=1S/C17H25ClN2O3/c1-11(2)10-23-16-15(18)8-13(9-19-16)17(22)20-6-4-5-14(20)7-12(3)21/h8-9,11-12,14,21H,4-7,10H2,1-3H3/t12-,14+/m0/s1. The zero-order valence-electron chi connectivity index (χ0n) is 14.0. The molecule has 1 amide bonds. The number of aliphatic hydroxyl groups is 1. The van der Waals surface area contributed by atoms with Gasteiger partial charge >= 0.3 is 0 Å². The van der Waals surface area contributed by atoms with Gasteiger partial charge in [-0.25, -0.2) is 4.98 Å². The van der Waals surface area contributed by atoms with Crippen molar-refractivity contribution < 1.29 is 14.6 Å². The number of pyridine rings is 1. The maximum Gasteiger partial charge on any atom is 0.255 e. The highest BCUT2D eigenvalue weighted by Crippen LogP contribution is 2.27. The lowest BCUT2D eigenvalue weighted by atomic mass is 10.1. The molecule has 1 aromatic heterocycles. The molecule has 1 aliphatic heterocycles. The third-order valence-electron chi connectivity index (χ3n) is 3.86. The number of likely N-dealkylation sites (tertiary alicyclic amines) is 1. The minimum Gasteiger partial charge on any atom is -0.476 e. The van der Waals surface area contributed by atoms with E-state index in [9.17, 15) is 9.90 Å². The molecule has 23 heavy (non-hydrogen) atoms. The normalized spacial score (nSPS) is 19.2. The Balaban J connectivity index is 2.08. The summed E-state index contributed by atoms with van der Waals surface area (Å²) in [5.74, 6) is 0.650. The molecule has 0 radical (unpaired) electrons. The number of amides is 1. The molecule has 1 fully saturated rings. The second kappa shape index (κ2) is 7.97. The van der Waals surface area contributed by atoms with Gasteiger partial charge in [0.05, 0.1) is 18.3 Å². The first kappa shape index (κ1) is 18.0. The van der Waals surface area contributed by atoms with E-state index in [2.05, 4.69) is 4.98 Å². The van der Waals surface area contributed by atoms with Crippen molar-refractivity contribution in [3.05, 3.63) is 22.8 Å². The molecule has 2 rings (SSSR count). The molecule has 0 saturated carbocycles. The second-order valence-corrected chi connectivity index (χ2v) is 7.00. The maximum absolute atomic E-state index is 12.7. The highest BCUT2D eigenvalue weighted by Gasteiger charge is 2.30. The number of carbonyl (C=O) groups is 1. The van der Waals surface area contributed by atoms with Crippen molar-refractivity contribution in [2.75, 3.05) is 13.2 Å². The molecule has 0 unspecified atom stereocenters. The first-order chi connectivity index (χ1) is 10.9. The van der Waals surface area contributed by atoms with Crippen molar-refractivity contribution in [3.63, 3.8) is 0 Å². The maximum atomic E-state index is 12.7. The smallest absolute Gasteiger partial charge is 0.255 e. The van der Waals surface area contributed by atoms with Gasteiger partial charge in [0.15, 0.2) is 0 Å². The Morgan fingerprint density at radius 2 is 2.26 bits per heavy atom. The number of hydrogen-bond acceptors (Lipinski definition) is 4. The Bertz CT molecular complexity index is 549. The average Bonchev–Trinajstić information content (AvgIpc) is 2.92. The summed E-state index contributed by atoms with van der Waals surface area (Å²) < 4.78 is 5.53. The van der Waals surface area contributed by atoms with Gasteiger partial charge in [-0.3, -0.25) is 4.79 Å². The summed E-state index contributed by atoms with van der Waals surface area (Å²) in [5.41, 5.74) is 0.462. The number of hydrogen-bond donors (Lipinski definition) is 1. The third kappa shape index (κ3) is 4.82. The van der Waals surface area contributed by atoms with Crippen LogP contribution < -0.4 is 4.74 Å². The fourth-order valence-electron chi connectivity index (χ4n) is 2.80. The van der Waals surface area contributed by atoms with Crippen LogP contribution in [0.3, 0.4) is 0 Å². The number of ether oxygens (including phenoxy) is 1. The van der Waals surface area contributed by atoms with Gasteiger partial charge in [-0.2, -0.15) is 0 Å². The van der Waals surface area contributed by atoms with E-state index in [-0.39, 0.29) is 11.9 Å². The topological polar surface area (TPSA) is 62.7 Å². The van der Waals surface area contributed by atoms with Crippen molar-refractivity contribution in [1.82, 2.24) is 9.88 Å². The van der Waals surface area contributed by atoms with Crippen molar-refractivity contribution in [2.45, 2.75) is 52.2 Å². The van der Waals surface area contributed by atoms with Gasteiger partial charge in [0, 0.05) is 18.8 Å². The molecule has 1 saturated heterocycles. The second-order valence-electron chi connectivity index (χ2n) is 6.60. The number of aromatic nitrogens is 1. The number of carbonyl (C=O) groups excluding carboxylic acids is 1. The molecule has 0 aromatic carbocycles. The predicted molar refractivity (Wildman–Crippen MR) is 89.9 cm³/mol. The minimum atomic E-state index is -0.415. The van der Waals surface area contributed by atoms with Crippen LogP contribution in [-0.4, -0.2) is 46.2 Å². The number of nitrogens with zero attached hydrogens (tertiary/aromatic N) is 2. The van der Waals surface area contributed by atoms with E-state index in [0.717, 1.165) is 12.8 Å². The van der Waals surface area contributed by atoms with E-state index in [1.807, 2.05) is 18.7 Å². The lowest BCUT2D eigenvalue weighted by Gasteiger charge is -2.25. The van der Waals surface area contributed by atoms with Gasteiger partial charge in [-0.15, -0.1) is 0 Å². The Hall–Kier alpha value is -1.33. The van der Waals surface area contributed by atoms with Crippen LogP contribution in [0.4, 0.5) is 0 Å². The van der Waals surface area contributed by atoms with Crippen LogP contribution in [-0.2, 0) is 0 Å². The zero-order valence-corrected chi connectivity index (χ0v) is 14.7. The van der Waals surface area contributed by atoms with Crippen molar-refractivity contribution in [3.8, 4) is 5.88 Å². The summed E-state index contributed by atoms with van der Waals surface area (Å²) in [4.78, 5) is 18.7. The molecule has 5 nitrogen and oxygen atoms in total. The van der Waals surface area contributed by atoms with Crippen molar-refractivity contribution >= 4 is 17.5 Å². The Morgan fingerprint density at radius 1 is 1.52 bits per heavy atom. The lowest BCUT2D eigenvalue weighted by Crippen LogP contribution is -2.37. The van der Waals surface area contributed by atoms with Gasteiger partial charge in [0.1, 0.15) is 5.02 Å². The molecule has 1 aromatic rings. The van der Waals surface area contributed by atoms with Crippen LogP contribution in [0.15, 0.2) is 12.3 Å². The van der Waals surface area contributed by atoms with Gasteiger partial charge in [-0.05, 0) is 38.2 Å². The van der Waals surface area contributed by atoms with Gasteiger partial charge in [0.2, 0.25) is 5.88 Å². The predicted octanol–water partition coefficient (Wildman–Crippen LogP) is 3.15. The summed E-state index contributed by atoms with van der Waals surface area (Å²) in [6.07, 6.45) is 3.58. The number of rotatable bonds is 6. The Kier molecular flexibility index (Phi) is 6.25. The van der Waals surface area contributed by atoms with E-state index in [0.29, 0.717) is 42.0 Å². The molecule has 1 aliphatic rings. The van der Waals surface area contributed by atoms with Crippen molar-refractivity contribution in [2.24, 2.45) is 5.92 Å². The highest BCUT2D eigenvalue weighted by atomic mass is 35.5. The van der Waals surface area contributed by atoms with Gasteiger partial charge in [0.25, 0.3) is 5.91 Å². The van der Waals surface area contributed by atoms with Crippen molar-refractivity contribution in [1.29, 1.82) is 0 Å². The minimum absolute atomic E-state index is 0.0816. The Morgan fingerprint density at radius 3 is 2.87 bits per heavy atom. The quantitative estimate of drug-likeness (QED) is 0.864. The summed E-state index contributed by atoms with van der Waals surface area (Å²) in [6, 6.07) is 1.70. The van der Waals surface area contributed by atoms with Gasteiger partial charge in [-0.1, -0.05) is 25.4 Å². The van der Waals surface area contributed by atoms with E-state index in [1.54, 1.807) is 13.0 Å². The monoisotopic (exact) mass is 340 g/mol. The molecule has 6 heteroatoms. The average molecular weight is 341 g/mol. The first-order valence-corrected chi connectivity index (χ1v) is 8.53. The van der Waals surface area contributed by atoms with E-state index >= 15 is 0 Å². The van der Waals surface area contributed by atoms with Crippen LogP contribution in [0.2, 0.25) is 5.02 Å². The molecule has 0 aliphatic carbocycles. The lowest BCUT2D eigenvalue weighted by molar-refractivity contribution is 0.0681. The van der Waals surface area contributed by atoms with Crippen LogP contribution in [0.5, 0.6) is 5.88 Å². The molecule has 2 heterocycles. The van der Waals surface area contributed by atoms with Gasteiger partial charge < -0.3 is 14.7 Å². The summed E-state index contributed by atoms with van der Waals surface area (Å²) in [5, 5.41) is 9.93. The molecular weight excluding hydrogens is 316 g/mol.